The summed E-state index contributed by atoms with van der Waals surface area (Å²) in [5, 5.41) is 9.58. The van der Waals surface area contributed by atoms with Gasteiger partial charge in [0, 0.05) is 11.8 Å². The molecule has 0 radical (unpaired) electrons. The van der Waals surface area contributed by atoms with Crippen LogP contribution in [-0.4, -0.2) is 23.2 Å². The van der Waals surface area contributed by atoms with Crippen LogP contribution in [-0.2, 0) is 10.2 Å². The number of hydrogen-bond acceptors (Lipinski definition) is 3. The standard InChI is InChI=1S/C13H17NO3/c1-17-11-10(6-5-9-14-11)13(12(15)16)7-3-2-4-8-13/h5-6,9H,2-4,7-8H2,1H3,(H,15,16). The lowest BCUT2D eigenvalue weighted by Crippen LogP contribution is -2.38. The van der Waals surface area contributed by atoms with Crippen molar-refractivity contribution < 1.29 is 14.6 Å². The normalized spacial score (nSPS) is 18.6. The molecular weight excluding hydrogens is 218 g/mol. The van der Waals surface area contributed by atoms with Gasteiger partial charge in [-0.1, -0.05) is 25.3 Å². The Hall–Kier alpha value is -1.58. The molecule has 0 atom stereocenters. The highest BCUT2D eigenvalue weighted by Gasteiger charge is 2.43. The largest absolute Gasteiger partial charge is 0.481 e. The first kappa shape index (κ1) is 11.9. The summed E-state index contributed by atoms with van der Waals surface area (Å²) in [4.78, 5) is 15.8. The number of carboxylic acid groups (broad SMARTS) is 1. The lowest BCUT2D eigenvalue weighted by atomic mass is 9.69. The first-order valence-corrected chi connectivity index (χ1v) is 5.93. The van der Waals surface area contributed by atoms with E-state index in [2.05, 4.69) is 4.98 Å². The van der Waals surface area contributed by atoms with Crippen molar-refractivity contribution in [3.63, 3.8) is 0 Å². The van der Waals surface area contributed by atoms with Gasteiger partial charge in [0.05, 0.1) is 12.5 Å². The Labute approximate surface area is 101 Å². The molecule has 0 unspecified atom stereocenters. The molecule has 1 aromatic rings. The van der Waals surface area contributed by atoms with Gasteiger partial charge in [0.2, 0.25) is 5.88 Å². The van der Waals surface area contributed by atoms with Gasteiger partial charge >= 0.3 is 5.97 Å². The van der Waals surface area contributed by atoms with Crippen LogP contribution in [0.25, 0.3) is 0 Å². The highest BCUT2D eigenvalue weighted by Crippen LogP contribution is 2.42. The van der Waals surface area contributed by atoms with Crippen molar-refractivity contribution in [2.75, 3.05) is 7.11 Å². The Morgan fingerprint density at radius 3 is 2.71 bits per heavy atom. The molecule has 0 aliphatic heterocycles. The number of aliphatic carboxylic acids is 1. The number of pyridine rings is 1. The van der Waals surface area contributed by atoms with Gasteiger partial charge in [0.1, 0.15) is 0 Å². The van der Waals surface area contributed by atoms with Gasteiger partial charge in [0.25, 0.3) is 0 Å². The minimum absolute atomic E-state index is 0.441. The summed E-state index contributed by atoms with van der Waals surface area (Å²) >= 11 is 0. The van der Waals surface area contributed by atoms with Gasteiger partial charge in [-0.05, 0) is 18.9 Å². The molecule has 0 amide bonds. The Bertz CT molecular complexity index is 411. The fourth-order valence-electron chi connectivity index (χ4n) is 2.67. The average Bonchev–Trinajstić information content (AvgIpc) is 2.39. The Morgan fingerprint density at radius 2 is 2.12 bits per heavy atom. The zero-order valence-corrected chi connectivity index (χ0v) is 9.98. The molecule has 1 N–H and O–H groups in total. The van der Waals surface area contributed by atoms with E-state index in [1.165, 1.54) is 7.11 Å². The van der Waals surface area contributed by atoms with Crippen molar-refractivity contribution in [2.45, 2.75) is 37.5 Å². The van der Waals surface area contributed by atoms with E-state index >= 15 is 0 Å². The van der Waals surface area contributed by atoms with Gasteiger partial charge < -0.3 is 9.84 Å². The van der Waals surface area contributed by atoms with E-state index in [0.717, 1.165) is 24.8 Å². The monoisotopic (exact) mass is 235 g/mol. The molecule has 92 valence electrons. The summed E-state index contributed by atoms with van der Waals surface area (Å²) in [7, 11) is 1.53. The third kappa shape index (κ3) is 1.99. The van der Waals surface area contributed by atoms with Crippen LogP contribution >= 0.6 is 0 Å². The maximum absolute atomic E-state index is 11.7. The second kappa shape index (κ2) is 4.73. The van der Waals surface area contributed by atoms with Gasteiger partial charge in [-0.3, -0.25) is 4.79 Å². The van der Waals surface area contributed by atoms with Crippen LogP contribution in [0.2, 0.25) is 0 Å². The number of aromatic nitrogens is 1. The molecule has 1 aromatic heterocycles. The minimum atomic E-state index is -0.808. The summed E-state index contributed by atoms with van der Waals surface area (Å²) in [5.41, 5.74) is -0.0904. The highest BCUT2D eigenvalue weighted by molar-refractivity contribution is 5.82. The van der Waals surface area contributed by atoms with Crippen molar-refractivity contribution in [1.29, 1.82) is 0 Å². The Kier molecular flexibility index (Phi) is 3.31. The van der Waals surface area contributed by atoms with Crippen molar-refractivity contribution in [2.24, 2.45) is 0 Å². The van der Waals surface area contributed by atoms with E-state index in [1.54, 1.807) is 12.3 Å². The second-order valence-electron chi connectivity index (χ2n) is 4.51. The Balaban J connectivity index is 2.48. The molecule has 0 aromatic carbocycles. The molecule has 0 spiro atoms. The first-order chi connectivity index (χ1) is 8.20. The lowest BCUT2D eigenvalue weighted by molar-refractivity contribution is -0.145. The molecule has 1 heterocycles. The fourth-order valence-corrected chi connectivity index (χ4v) is 2.67. The number of carbonyl (C=O) groups is 1. The van der Waals surface area contributed by atoms with Gasteiger partial charge in [0.15, 0.2) is 0 Å². The van der Waals surface area contributed by atoms with Crippen LogP contribution in [0.5, 0.6) is 5.88 Å². The van der Waals surface area contributed by atoms with Gasteiger partial charge in [-0.15, -0.1) is 0 Å². The van der Waals surface area contributed by atoms with Gasteiger partial charge in [-0.25, -0.2) is 4.98 Å². The lowest BCUT2D eigenvalue weighted by Gasteiger charge is -2.33. The SMILES string of the molecule is COc1ncccc1C1(C(=O)O)CCCCC1. The molecule has 1 aliphatic rings. The summed E-state index contributed by atoms with van der Waals surface area (Å²) in [5.74, 6) is -0.319. The molecule has 4 nitrogen and oxygen atoms in total. The highest BCUT2D eigenvalue weighted by atomic mass is 16.5. The van der Waals surface area contributed by atoms with E-state index in [4.69, 9.17) is 4.74 Å². The summed E-state index contributed by atoms with van der Waals surface area (Å²) < 4.78 is 5.20. The molecule has 1 saturated carbocycles. The van der Waals surface area contributed by atoms with Crippen LogP contribution in [0.15, 0.2) is 18.3 Å². The smallest absolute Gasteiger partial charge is 0.314 e. The predicted octanol–water partition coefficient (Wildman–Crippen LogP) is 2.38. The average molecular weight is 235 g/mol. The van der Waals surface area contributed by atoms with E-state index in [0.29, 0.717) is 18.7 Å². The number of hydrogen-bond donors (Lipinski definition) is 1. The maximum Gasteiger partial charge on any atom is 0.314 e. The fraction of sp³-hybridized carbons (Fsp3) is 0.538. The minimum Gasteiger partial charge on any atom is -0.481 e. The van der Waals surface area contributed by atoms with E-state index in [-0.39, 0.29) is 0 Å². The van der Waals surface area contributed by atoms with Crippen molar-refractivity contribution in [3.8, 4) is 5.88 Å². The zero-order chi connectivity index (χ0) is 12.3. The Morgan fingerprint density at radius 1 is 1.41 bits per heavy atom. The van der Waals surface area contributed by atoms with E-state index in [1.807, 2.05) is 6.07 Å². The third-order valence-corrected chi connectivity index (χ3v) is 3.60. The van der Waals surface area contributed by atoms with Crippen molar-refractivity contribution in [3.05, 3.63) is 23.9 Å². The number of carboxylic acids is 1. The molecule has 1 fully saturated rings. The van der Waals surface area contributed by atoms with Crippen LogP contribution in [0.4, 0.5) is 0 Å². The molecule has 0 bridgehead atoms. The quantitative estimate of drug-likeness (QED) is 0.873. The summed E-state index contributed by atoms with van der Waals surface area (Å²) in [6.07, 6.45) is 5.97. The number of ether oxygens (including phenoxy) is 1. The number of rotatable bonds is 3. The molecule has 17 heavy (non-hydrogen) atoms. The summed E-state index contributed by atoms with van der Waals surface area (Å²) in [6.45, 7) is 0. The van der Waals surface area contributed by atoms with Gasteiger partial charge in [-0.2, -0.15) is 0 Å². The van der Waals surface area contributed by atoms with Crippen molar-refractivity contribution >= 4 is 5.97 Å². The predicted molar refractivity (Wildman–Crippen MR) is 63.2 cm³/mol. The van der Waals surface area contributed by atoms with Crippen LogP contribution in [0, 0.1) is 0 Å². The number of nitrogens with zero attached hydrogens (tertiary/aromatic N) is 1. The maximum atomic E-state index is 11.7. The van der Waals surface area contributed by atoms with Crippen LogP contribution in [0.1, 0.15) is 37.7 Å². The second-order valence-corrected chi connectivity index (χ2v) is 4.51. The van der Waals surface area contributed by atoms with E-state index < -0.39 is 11.4 Å². The molecular formula is C13H17NO3. The molecule has 1 aliphatic carbocycles. The first-order valence-electron chi connectivity index (χ1n) is 5.93. The topological polar surface area (TPSA) is 59.4 Å². The zero-order valence-electron chi connectivity index (χ0n) is 9.98. The molecule has 0 saturated heterocycles. The van der Waals surface area contributed by atoms with E-state index in [9.17, 15) is 9.90 Å². The molecule has 2 rings (SSSR count). The third-order valence-electron chi connectivity index (χ3n) is 3.60. The van der Waals surface area contributed by atoms with Crippen LogP contribution < -0.4 is 4.74 Å². The van der Waals surface area contributed by atoms with Crippen molar-refractivity contribution in [1.82, 2.24) is 4.98 Å². The summed E-state index contributed by atoms with van der Waals surface area (Å²) in [6, 6.07) is 3.60. The van der Waals surface area contributed by atoms with Crippen LogP contribution in [0.3, 0.4) is 0 Å². The number of methoxy groups -OCH3 is 1. The molecule has 4 heteroatoms.